The number of hydrogen-bond acceptors (Lipinski definition) is 1. The van der Waals surface area contributed by atoms with Gasteiger partial charge in [-0.1, -0.05) is 111 Å². The summed E-state index contributed by atoms with van der Waals surface area (Å²) in [7, 11) is 0. The maximum absolute atomic E-state index is 12.0. The predicted molar refractivity (Wildman–Crippen MR) is 133 cm³/mol. The van der Waals surface area contributed by atoms with Crippen molar-refractivity contribution in [3.05, 3.63) is 12.2 Å². The largest absolute Gasteiger partial charge is 0.481 e. The molecule has 0 aliphatic heterocycles. The molecule has 1 N–H and O–H groups in total. The van der Waals surface area contributed by atoms with Crippen molar-refractivity contribution in [1.82, 2.24) is 0 Å². The molecule has 0 radical (unpaired) electrons. The van der Waals surface area contributed by atoms with Gasteiger partial charge in [0.2, 0.25) is 0 Å². The molecule has 0 aliphatic carbocycles. The number of rotatable bonds is 21. The topological polar surface area (TPSA) is 37.3 Å². The van der Waals surface area contributed by atoms with Crippen LogP contribution in [0.4, 0.5) is 0 Å². The highest BCUT2D eigenvalue weighted by molar-refractivity contribution is 5.71. The maximum Gasteiger partial charge on any atom is 0.307 e. The molecule has 0 heterocycles. The molecule has 178 valence electrons. The number of allylic oxidation sites excluding steroid dienone is 2. The fourth-order valence-corrected chi connectivity index (χ4v) is 4.52. The standard InChI is InChI=1S/C28H54O2/c1-6-8-9-10-11-12-13-14-15-16-17-18-19-20-23-26(27(29)30)28(5,7-2)24-21-22-25(3)4/h14-15,25-26H,6-13,16-24H2,1-5H3,(H,29,30)/b15-14-. The molecule has 0 aliphatic rings. The molecule has 0 fully saturated rings. The van der Waals surface area contributed by atoms with Crippen LogP contribution in [0, 0.1) is 17.3 Å². The lowest BCUT2D eigenvalue weighted by Gasteiger charge is -2.35. The summed E-state index contributed by atoms with van der Waals surface area (Å²) in [6.07, 6.45) is 25.3. The van der Waals surface area contributed by atoms with E-state index in [1.165, 1.54) is 77.0 Å². The first kappa shape index (κ1) is 29.2. The van der Waals surface area contributed by atoms with E-state index in [0.717, 1.165) is 32.1 Å². The van der Waals surface area contributed by atoms with Crippen molar-refractivity contribution < 1.29 is 9.90 Å². The molecule has 0 spiro atoms. The van der Waals surface area contributed by atoms with E-state index in [9.17, 15) is 9.90 Å². The van der Waals surface area contributed by atoms with Crippen LogP contribution >= 0.6 is 0 Å². The molecule has 2 atom stereocenters. The van der Waals surface area contributed by atoms with Crippen LogP contribution in [0.15, 0.2) is 12.2 Å². The van der Waals surface area contributed by atoms with Gasteiger partial charge in [0, 0.05) is 0 Å². The fourth-order valence-electron chi connectivity index (χ4n) is 4.52. The highest BCUT2D eigenvalue weighted by Gasteiger charge is 2.36. The minimum absolute atomic E-state index is 0.0556. The van der Waals surface area contributed by atoms with Crippen molar-refractivity contribution in [2.24, 2.45) is 17.3 Å². The zero-order valence-electron chi connectivity index (χ0n) is 21.2. The Bertz CT molecular complexity index is 426. The summed E-state index contributed by atoms with van der Waals surface area (Å²) in [6, 6.07) is 0. The Balaban J connectivity index is 3.95. The lowest BCUT2D eigenvalue weighted by Crippen LogP contribution is -2.33. The first-order valence-corrected chi connectivity index (χ1v) is 13.2. The van der Waals surface area contributed by atoms with Gasteiger partial charge >= 0.3 is 5.97 Å². The molecule has 0 aromatic rings. The van der Waals surface area contributed by atoms with Crippen molar-refractivity contribution in [2.75, 3.05) is 0 Å². The monoisotopic (exact) mass is 422 g/mol. The Labute approximate surface area is 189 Å². The molecule has 0 aromatic carbocycles. The van der Waals surface area contributed by atoms with Gasteiger partial charge in [-0.25, -0.2) is 0 Å². The summed E-state index contributed by atoms with van der Waals surface area (Å²) in [4.78, 5) is 12.0. The number of carboxylic acid groups (broad SMARTS) is 1. The van der Waals surface area contributed by atoms with Gasteiger partial charge in [0.05, 0.1) is 5.92 Å². The lowest BCUT2D eigenvalue weighted by atomic mass is 9.69. The molecule has 2 nitrogen and oxygen atoms in total. The second-order valence-corrected chi connectivity index (χ2v) is 10.2. The Kier molecular flexibility index (Phi) is 18.4. The highest BCUT2D eigenvalue weighted by atomic mass is 16.4. The number of carbonyl (C=O) groups is 1. The Hall–Kier alpha value is -0.790. The van der Waals surface area contributed by atoms with Crippen molar-refractivity contribution in [1.29, 1.82) is 0 Å². The van der Waals surface area contributed by atoms with Crippen LogP contribution in [0.3, 0.4) is 0 Å². The molecule has 0 saturated heterocycles. The molecule has 0 saturated carbocycles. The molecule has 0 aromatic heterocycles. The van der Waals surface area contributed by atoms with Crippen LogP contribution in [-0.2, 0) is 4.79 Å². The van der Waals surface area contributed by atoms with Crippen molar-refractivity contribution >= 4 is 5.97 Å². The van der Waals surface area contributed by atoms with Crippen LogP contribution in [0.5, 0.6) is 0 Å². The van der Waals surface area contributed by atoms with Gasteiger partial charge in [-0.3, -0.25) is 4.79 Å². The second-order valence-electron chi connectivity index (χ2n) is 10.2. The normalized spacial score (nSPS) is 15.0. The second kappa shape index (κ2) is 18.9. The van der Waals surface area contributed by atoms with Crippen molar-refractivity contribution in [3.8, 4) is 0 Å². The Morgan fingerprint density at radius 1 is 0.800 bits per heavy atom. The number of hydrogen-bond donors (Lipinski definition) is 1. The molecular formula is C28H54O2. The molecule has 0 amide bonds. The molecule has 30 heavy (non-hydrogen) atoms. The van der Waals surface area contributed by atoms with E-state index in [1.807, 2.05) is 0 Å². The Morgan fingerprint density at radius 3 is 1.83 bits per heavy atom. The third-order valence-corrected chi connectivity index (χ3v) is 6.98. The van der Waals surface area contributed by atoms with Gasteiger partial charge in [-0.2, -0.15) is 0 Å². The molecule has 2 heteroatoms. The van der Waals surface area contributed by atoms with Crippen LogP contribution in [0.2, 0.25) is 0 Å². The van der Waals surface area contributed by atoms with Gasteiger partial charge in [-0.15, -0.1) is 0 Å². The SMILES string of the molecule is CCCCCCCC/C=C\CCCCCCC(C(=O)O)C(C)(CC)CCCC(C)C. The summed E-state index contributed by atoms with van der Waals surface area (Å²) in [5, 5.41) is 9.84. The third kappa shape index (κ3) is 15.1. The van der Waals surface area contributed by atoms with E-state index in [2.05, 4.69) is 46.8 Å². The summed E-state index contributed by atoms with van der Waals surface area (Å²) in [5.41, 5.74) is -0.0556. The third-order valence-electron chi connectivity index (χ3n) is 6.98. The zero-order valence-corrected chi connectivity index (χ0v) is 21.2. The lowest BCUT2D eigenvalue weighted by molar-refractivity contribution is -0.147. The summed E-state index contributed by atoms with van der Waals surface area (Å²) >= 11 is 0. The average molecular weight is 423 g/mol. The maximum atomic E-state index is 12.0. The Morgan fingerprint density at radius 2 is 1.33 bits per heavy atom. The van der Waals surface area contributed by atoms with E-state index in [1.54, 1.807) is 0 Å². The predicted octanol–water partition coefficient (Wildman–Crippen LogP) is 9.58. The van der Waals surface area contributed by atoms with E-state index in [-0.39, 0.29) is 11.3 Å². The average Bonchev–Trinajstić information content (AvgIpc) is 2.70. The van der Waals surface area contributed by atoms with Crippen molar-refractivity contribution in [2.45, 2.75) is 144 Å². The smallest absolute Gasteiger partial charge is 0.307 e. The van der Waals surface area contributed by atoms with Crippen LogP contribution in [-0.4, -0.2) is 11.1 Å². The van der Waals surface area contributed by atoms with E-state index in [0.29, 0.717) is 5.92 Å². The van der Waals surface area contributed by atoms with Gasteiger partial charge < -0.3 is 5.11 Å². The van der Waals surface area contributed by atoms with Crippen molar-refractivity contribution in [3.63, 3.8) is 0 Å². The first-order chi connectivity index (χ1) is 14.4. The number of carboxylic acids is 1. The summed E-state index contributed by atoms with van der Waals surface area (Å²) < 4.78 is 0. The number of aliphatic carboxylic acids is 1. The van der Waals surface area contributed by atoms with E-state index in [4.69, 9.17) is 0 Å². The van der Waals surface area contributed by atoms with Crippen LogP contribution in [0.25, 0.3) is 0 Å². The molecule has 0 rings (SSSR count). The number of unbranched alkanes of at least 4 members (excludes halogenated alkanes) is 10. The van der Waals surface area contributed by atoms with Gasteiger partial charge in [-0.05, 0) is 56.3 Å². The molecular weight excluding hydrogens is 368 g/mol. The van der Waals surface area contributed by atoms with Gasteiger partial charge in [0.15, 0.2) is 0 Å². The van der Waals surface area contributed by atoms with E-state index >= 15 is 0 Å². The minimum atomic E-state index is -0.582. The van der Waals surface area contributed by atoms with Crippen LogP contribution < -0.4 is 0 Å². The van der Waals surface area contributed by atoms with Gasteiger partial charge in [0.25, 0.3) is 0 Å². The molecule has 2 unspecified atom stereocenters. The van der Waals surface area contributed by atoms with Crippen LogP contribution in [0.1, 0.15) is 144 Å². The summed E-state index contributed by atoms with van der Waals surface area (Å²) in [6.45, 7) is 11.2. The first-order valence-electron chi connectivity index (χ1n) is 13.2. The molecule has 0 bridgehead atoms. The highest BCUT2D eigenvalue weighted by Crippen LogP contribution is 2.40. The minimum Gasteiger partial charge on any atom is -0.481 e. The van der Waals surface area contributed by atoms with E-state index < -0.39 is 5.97 Å². The van der Waals surface area contributed by atoms with Gasteiger partial charge in [0.1, 0.15) is 0 Å². The quantitative estimate of drug-likeness (QED) is 0.148. The fraction of sp³-hybridized carbons (Fsp3) is 0.893. The summed E-state index contributed by atoms with van der Waals surface area (Å²) in [5.74, 6) is -0.0670. The zero-order chi connectivity index (χ0) is 22.7.